The van der Waals surface area contributed by atoms with Crippen LogP contribution in [0.25, 0.3) is 11.5 Å². The average Bonchev–Trinajstić information content (AvgIpc) is 2.73. The first-order valence-corrected chi connectivity index (χ1v) is 5.15. The fourth-order valence-electron chi connectivity index (χ4n) is 0.991. The SMILES string of the molecule is CC(C)(C)c1nc(-c2nn[nH]n2)cs1. The van der Waals surface area contributed by atoms with Gasteiger partial charge in [-0.1, -0.05) is 20.8 Å². The molecule has 74 valence electrons. The molecule has 0 aliphatic rings. The smallest absolute Gasteiger partial charge is 0.223 e. The van der Waals surface area contributed by atoms with E-state index in [0.717, 1.165) is 10.7 Å². The van der Waals surface area contributed by atoms with Crippen LogP contribution in [0.2, 0.25) is 0 Å². The third-order valence-electron chi connectivity index (χ3n) is 1.72. The fraction of sp³-hybridized carbons (Fsp3) is 0.500. The minimum Gasteiger partial charge on any atom is -0.237 e. The van der Waals surface area contributed by atoms with Crippen LogP contribution in [0.15, 0.2) is 5.38 Å². The van der Waals surface area contributed by atoms with E-state index >= 15 is 0 Å². The maximum Gasteiger partial charge on any atom is 0.223 e. The molecule has 2 rings (SSSR count). The van der Waals surface area contributed by atoms with Gasteiger partial charge in [-0.25, -0.2) is 4.98 Å². The van der Waals surface area contributed by atoms with E-state index < -0.39 is 0 Å². The Morgan fingerprint density at radius 1 is 1.36 bits per heavy atom. The molecule has 0 radical (unpaired) electrons. The second-order valence-corrected chi connectivity index (χ2v) is 4.88. The van der Waals surface area contributed by atoms with Gasteiger partial charge in [-0.2, -0.15) is 5.21 Å². The van der Waals surface area contributed by atoms with Crippen molar-refractivity contribution in [2.75, 3.05) is 0 Å². The maximum atomic E-state index is 4.46. The lowest BCUT2D eigenvalue weighted by Gasteiger charge is -2.13. The molecule has 14 heavy (non-hydrogen) atoms. The van der Waals surface area contributed by atoms with Gasteiger partial charge in [0.25, 0.3) is 0 Å². The Hall–Kier alpha value is -1.30. The summed E-state index contributed by atoms with van der Waals surface area (Å²) in [5.74, 6) is 0.553. The molecule has 0 aliphatic heterocycles. The van der Waals surface area contributed by atoms with Crippen molar-refractivity contribution in [3.05, 3.63) is 10.4 Å². The number of tetrazole rings is 1. The van der Waals surface area contributed by atoms with Crippen LogP contribution in [-0.4, -0.2) is 25.6 Å². The van der Waals surface area contributed by atoms with Crippen molar-refractivity contribution in [2.24, 2.45) is 0 Å². The summed E-state index contributed by atoms with van der Waals surface area (Å²) in [7, 11) is 0. The lowest BCUT2D eigenvalue weighted by molar-refractivity contribution is 0.586. The van der Waals surface area contributed by atoms with Crippen molar-refractivity contribution in [3.63, 3.8) is 0 Å². The number of thiazole rings is 1. The zero-order chi connectivity index (χ0) is 10.2. The molecule has 0 atom stereocenters. The first-order chi connectivity index (χ1) is 6.57. The van der Waals surface area contributed by atoms with E-state index in [1.807, 2.05) is 5.38 Å². The molecule has 0 fully saturated rings. The fourth-order valence-corrected chi connectivity index (χ4v) is 1.88. The number of hydrogen-bond donors (Lipinski definition) is 1. The summed E-state index contributed by atoms with van der Waals surface area (Å²) < 4.78 is 0. The van der Waals surface area contributed by atoms with Gasteiger partial charge in [0.15, 0.2) is 0 Å². The molecule has 6 heteroatoms. The Kier molecular flexibility index (Phi) is 2.07. The van der Waals surface area contributed by atoms with Crippen LogP contribution < -0.4 is 0 Å². The van der Waals surface area contributed by atoms with Crippen LogP contribution in [0.4, 0.5) is 0 Å². The van der Waals surface area contributed by atoms with Crippen LogP contribution in [0.1, 0.15) is 25.8 Å². The highest BCUT2D eigenvalue weighted by Crippen LogP contribution is 2.28. The molecule has 0 amide bonds. The Morgan fingerprint density at radius 2 is 2.14 bits per heavy atom. The van der Waals surface area contributed by atoms with E-state index in [2.05, 4.69) is 46.4 Å². The summed E-state index contributed by atoms with van der Waals surface area (Å²) in [6.45, 7) is 6.39. The predicted molar refractivity (Wildman–Crippen MR) is 54.0 cm³/mol. The van der Waals surface area contributed by atoms with Crippen molar-refractivity contribution >= 4 is 11.3 Å². The lowest BCUT2D eigenvalue weighted by atomic mass is 9.98. The van der Waals surface area contributed by atoms with Crippen LogP contribution in [-0.2, 0) is 5.41 Å². The normalized spacial score (nSPS) is 11.9. The van der Waals surface area contributed by atoms with Crippen LogP contribution in [0, 0.1) is 0 Å². The monoisotopic (exact) mass is 209 g/mol. The Morgan fingerprint density at radius 3 is 2.64 bits per heavy atom. The maximum absolute atomic E-state index is 4.46. The number of nitrogens with zero attached hydrogens (tertiary/aromatic N) is 4. The van der Waals surface area contributed by atoms with E-state index in [-0.39, 0.29) is 5.41 Å². The molecule has 0 unspecified atom stereocenters. The van der Waals surface area contributed by atoms with E-state index in [9.17, 15) is 0 Å². The highest BCUT2D eigenvalue weighted by molar-refractivity contribution is 7.10. The van der Waals surface area contributed by atoms with E-state index in [1.165, 1.54) is 0 Å². The van der Waals surface area contributed by atoms with Gasteiger partial charge in [-0.05, 0) is 5.21 Å². The summed E-state index contributed by atoms with van der Waals surface area (Å²) in [5.41, 5.74) is 0.862. The Labute approximate surface area is 85.6 Å². The number of aromatic nitrogens is 5. The van der Waals surface area contributed by atoms with E-state index in [4.69, 9.17) is 0 Å². The molecular formula is C8H11N5S. The number of rotatable bonds is 1. The van der Waals surface area contributed by atoms with Gasteiger partial charge in [-0.3, -0.25) is 0 Å². The van der Waals surface area contributed by atoms with E-state index in [0.29, 0.717) is 5.82 Å². The predicted octanol–water partition coefficient (Wildman–Crippen LogP) is 1.62. The second-order valence-electron chi connectivity index (χ2n) is 4.02. The number of aromatic amines is 1. The lowest BCUT2D eigenvalue weighted by Crippen LogP contribution is -2.10. The molecular weight excluding hydrogens is 198 g/mol. The van der Waals surface area contributed by atoms with Crippen molar-refractivity contribution < 1.29 is 0 Å². The van der Waals surface area contributed by atoms with Crippen LogP contribution in [0.5, 0.6) is 0 Å². The van der Waals surface area contributed by atoms with Crippen molar-refractivity contribution in [1.82, 2.24) is 25.6 Å². The van der Waals surface area contributed by atoms with Gasteiger partial charge in [0, 0.05) is 10.8 Å². The molecule has 2 aromatic heterocycles. The van der Waals surface area contributed by atoms with Gasteiger partial charge in [0.2, 0.25) is 5.82 Å². The zero-order valence-electron chi connectivity index (χ0n) is 8.27. The highest BCUT2D eigenvalue weighted by Gasteiger charge is 2.19. The molecule has 2 heterocycles. The van der Waals surface area contributed by atoms with E-state index in [1.54, 1.807) is 11.3 Å². The van der Waals surface area contributed by atoms with Gasteiger partial charge in [-0.15, -0.1) is 21.5 Å². The van der Waals surface area contributed by atoms with Gasteiger partial charge in [0.1, 0.15) is 5.69 Å². The Balaban J connectivity index is 2.36. The molecule has 2 aromatic rings. The minimum atomic E-state index is 0.0760. The summed E-state index contributed by atoms with van der Waals surface area (Å²) in [4.78, 5) is 4.46. The van der Waals surface area contributed by atoms with Crippen molar-refractivity contribution in [3.8, 4) is 11.5 Å². The summed E-state index contributed by atoms with van der Waals surface area (Å²) in [6, 6.07) is 0. The first kappa shape index (κ1) is 9.26. The molecule has 0 saturated carbocycles. The van der Waals surface area contributed by atoms with Crippen molar-refractivity contribution in [2.45, 2.75) is 26.2 Å². The number of hydrogen-bond acceptors (Lipinski definition) is 5. The summed E-state index contributed by atoms with van der Waals surface area (Å²) >= 11 is 1.62. The molecule has 0 bridgehead atoms. The summed E-state index contributed by atoms with van der Waals surface area (Å²) in [5, 5.41) is 16.7. The van der Waals surface area contributed by atoms with Crippen LogP contribution >= 0.6 is 11.3 Å². The zero-order valence-corrected chi connectivity index (χ0v) is 9.09. The quantitative estimate of drug-likeness (QED) is 0.775. The third-order valence-corrected chi connectivity index (χ3v) is 2.99. The van der Waals surface area contributed by atoms with Gasteiger partial charge >= 0.3 is 0 Å². The van der Waals surface area contributed by atoms with Gasteiger partial charge < -0.3 is 0 Å². The molecule has 0 saturated heterocycles. The number of H-pyrrole nitrogens is 1. The minimum absolute atomic E-state index is 0.0760. The topological polar surface area (TPSA) is 67.3 Å². The molecule has 0 aliphatic carbocycles. The third kappa shape index (κ3) is 1.65. The Bertz CT molecular complexity index is 411. The average molecular weight is 209 g/mol. The summed E-state index contributed by atoms with van der Waals surface area (Å²) in [6.07, 6.45) is 0. The highest BCUT2D eigenvalue weighted by atomic mass is 32.1. The molecule has 5 nitrogen and oxygen atoms in total. The molecule has 1 N–H and O–H groups in total. The second kappa shape index (κ2) is 3.13. The largest absolute Gasteiger partial charge is 0.237 e. The first-order valence-electron chi connectivity index (χ1n) is 4.27. The molecule has 0 aromatic carbocycles. The van der Waals surface area contributed by atoms with Crippen LogP contribution in [0.3, 0.4) is 0 Å². The molecule has 0 spiro atoms. The van der Waals surface area contributed by atoms with Crippen molar-refractivity contribution in [1.29, 1.82) is 0 Å². The van der Waals surface area contributed by atoms with Gasteiger partial charge in [0.05, 0.1) is 5.01 Å². The number of nitrogens with one attached hydrogen (secondary N) is 1. The standard InChI is InChI=1S/C8H11N5S/c1-8(2,3)7-9-5(4-14-7)6-10-12-13-11-6/h4H,1-3H3,(H,10,11,12,13).